The van der Waals surface area contributed by atoms with Crippen molar-refractivity contribution in [2.75, 3.05) is 18.0 Å². The topological polar surface area (TPSA) is 110 Å². The number of aryl methyl sites for hydroxylation is 1. The molecule has 30 heavy (non-hydrogen) atoms. The third-order valence-electron chi connectivity index (χ3n) is 5.65. The van der Waals surface area contributed by atoms with E-state index in [2.05, 4.69) is 11.0 Å². The van der Waals surface area contributed by atoms with Crippen LogP contribution >= 0.6 is 11.6 Å². The van der Waals surface area contributed by atoms with E-state index >= 15 is 0 Å². The van der Waals surface area contributed by atoms with Crippen molar-refractivity contribution in [3.05, 3.63) is 55.2 Å². The number of nitrogens with zero attached hydrogens (tertiary/aromatic N) is 5. The van der Waals surface area contributed by atoms with Gasteiger partial charge in [-0.2, -0.15) is 5.26 Å². The maximum Gasteiger partial charge on any atom is 0.332 e. The molecule has 1 saturated heterocycles. The fourth-order valence-electron chi connectivity index (χ4n) is 4.12. The van der Waals surface area contributed by atoms with Gasteiger partial charge in [0.1, 0.15) is 5.82 Å². The van der Waals surface area contributed by atoms with Crippen LogP contribution in [0.1, 0.15) is 24.0 Å². The van der Waals surface area contributed by atoms with Crippen molar-refractivity contribution in [3.8, 4) is 17.2 Å². The van der Waals surface area contributed by atoms with E-state index in [-0.39, 0.29) is 17.6 Å². The van der Waals surface area contributed by atoms with Crippen LogP contribution in [0.2, 0.25) is 5.02 Å². The Bertz CT molecular complexity index is 1330. The summed E-state index contributed by atoms with van der Waals surface area (Å²) in [6.07, 6.45) is 2.05. The molecule has 0 radical (unpaired) electrons. The Kier molecular flexibility index (Phi) is 5.10. The molecule has 154 valence electrons. The molecule has 1 aromatic carbocycles. The predicted octanol–water partition coefficient (Wildman–Crippen LogP) is 1.88. The summed E-state index contributed by atoms with van der Waals surface area (Å²) in [5.74, 6) is 0.643. The molecular weight excluding hydrogens is 404 g/mol. The third kappa shape index (κ3) is 2.98. The number of benzene rings is 1. The van der Waals surface area contributed by atoms with Crippen LogP contribution in [0.5, 0.6) is 0 Å². The summed E-state index contributed by atoms with van der Waals surface area (Å²) >= 11 is 6.26. The maximum absolute atomic E-state index is 13.2. The second kappa shape index (κ2) is 7.59. The molecule has 0 atom stereocenters. The Morgan fingerprint density at radius 3 is 2.53 bits per heavy atom. The van der Waals surface area contributed by atoms with Gasteiger partial charge in [0.05, 0.1) is 17.0 Å². The van der Waals surface area contributed by atoms with Gasteiger partial charge < -0.3 is 10.6 Å². The van der Waals surface area contributed by atoms with Crippen molar-refractivity contribution in [1.82, 2.24) is 14.1 Å². The zero-order chi connectivity index (χ0) is 21.6. The number of halogens is 1. The van der Waals surface area contributed by atoms with Crippen molar-refractivity contribution >= 4 is 28.5 Å². The fourth-order valence-corrected chi connectivity index (χ4v) is 4.29. The van der Waals surface area contributed by atoms with Gasteiger partial charge in [-0.3, -0.25) is 13.9 Å². The van der Waals surface area contributed by atoms with E-state index in [0.717, 1.165) is 30.5 Å². The molecule has 0 spiro atoms. The Morgan fingerprint density at radius 2 is 1.90 bits per heavy atom. The number of nitriles is 1. The van der Waals surface area contributed by atoms with E-state index in [1.165, 1.54) is 11.6 Å². The molecule has 2 aromatic heterocycles. The van der Waals surface area contributed by atoms with Gasteiger partial charge in [0, 0.05) is 55.4 Å². The van der Waals surface area contributed by atoms with Crippen molar-refractivity contribution in [2.45, 2.75) is 19.4 Å². The van der Waals surface area contributed by atoms with Crippen LogP contribution in [0, 0.1) is 11.3 Å². The number of hydrogen-bond donors (Lipinski definition) is 1. The molecule has 1 fully saturated rings. The number of pyridine rings is 1. The molecule has 3 aromatic rings. The minimum Gasteiger partial charge on any atom is -0.356 e. The monoisotopic (exact) mass is 424 g/mol. The molecular formula is C21H21ClN6O2. The van der Waals surface area contributed by atoms with Crippen LogP contribution in [0.4, 0.5) is 5.82 Å². The van der Waals surface area contributed by atoms with Crippen LogP contribution in [-0.4, -0.2) is 27.2 Å². The summed E-state index contributed by atoms with van der Waals surface area (Å²) in [6.45, 7) is 1.74. The van der Waals surface area contributed by atoms with E-state index in [0.29, 0.717) is 33.1 Å². The van der Waals surface area contributed by atoms with Crippen LogP contribution in [0.15, 0.2) is 27.8 Å². The number of rotatable bonds is 3. The molecule has 3 heterocycles. The average Bonchev–Trinajstić information content (AvgIpc) is 3.29. The Labute approximate surface area is 177 Å². The SMILES string of the molecule is Cn1c(=O)c2c(-c3cc(Cl)ccc3C#N)c(CN)c(N3CCCC3)nc2n(C)c1=O. The Balaban J connectivity index is 2.28. The molecule has 0 aliphatic carbocycles. The van der Waals surface area contributed by atoms with Crippen LogP contribution in [0.25, 0.3) is 22.2 Å². The van der Waals surface area contributed by atoms with Crippen LogP contribution < -0.4 is 21.9 Å². The summed E-state index contributed by atoms with van der Waals surface area (Å²) in [7, 11) is 3.01. The zero-order valence-corrected chi connectivity index (χ0v) is 17.5. The lowest BCUT2D eigenvalue weighted by Crippen LogP contribution is -2.38. The van der Waals surface area contributed by atoms with Crippen molar-refractivity contribution in [2.24, 2.45) is 19.8 Å². The zero-order valence-electron chi connectivity index (χ0n) is 16.8. The average molecular weight is 425 g/mol. The van der Waals surface area contributed by atoms with Gasteiger partial charge in [-0.1, -0.05) is 11.6 Å². The highest BCUT2D eigenvalue weighted by molar-refractivity contribution is 6.31. The summed E-state index contributed by atoms with van der Waals surface area (Å²) in [4.78, 5) is 32.7. The van der Waals surface area contributed by atoms with Crippen molar-refractivity contribution < 1.29 is 0 Å². The van der Waals surface area contributed by atoms with Crippen molar-refractivity contribution in [3.63, 3.8) is 0 Å². The minimum atomic E-state index is -0.484. The summed E-state index contributed by atoms with van der Waals surface area (Å²) in [6, 6.07) is 7.08. The van der Waals surface area contributed by atoms with E-state index in [1.54, 1.807) is 25.2 Å². The predicted molar refractivity (Wildman–Crippen MR) is 117 cm³/mol. The molecule has 0 amide bonds. The highest BCUT2D eigenvalue weighted by Crippen LogP contribution is 2.38. The summed E-state index contributed by atoms with van der Waals surface area (Å²) < 4.78 is 2.40. The van der Waals surface area contributed by atoms with Gasteiger partial charge in [0.25, 0.3) is 5.56 Å². The first-order valence-corrected chi connectivity index (χ1v) is 10.0. The van der Waals surface area contributed by atoms with E-state index < -0.39 is 11.2 Å². The molecule has 2 N–H and O–H groups in total. The quantitative estimate of drug-likeness (QED) is 0.687. The normalized spacial score (nSPS) is 13.8. The standard InChI is InChI=1S/C21H21ClN6O2/c1-26-19-17(20(29)27(2)21(26)30)16(14-9-13(22)6-5-12(14)10-23)15(11-24)18(25-19)28-7-3-4-8-28/h5-6,9H,3-4,7-8,11,24H2,1-2H3. The molecule has 9 heteroatoms. The van der Waals surface area contributed by atoms with E-state index in [9.17, 15) is 14.9 Å². The number of anilines is 1. The van der Waals surface area contributed by atoms with Gasteiger partial charge in [-0.05, 0) is 31.0 Å². The molecule has 1 aliphatic rings. The summed E-state index contributed by atoms with van der Waals surface area (Å²) in [5, 5.41) is 10.4. The molecule has 0 bridgehead atoms. The second-order valence-corrected chi connectivity index (χ2v) is 7.83. The Hall–Kier alpha value is -3.15. The lowest BCUT2D eigenvalue weighted by molar-refractivity contribution is 0.706. The first-order valence-electron chi connectivity index (χ1n) is 9.66. The first-order chi connectivity index (χ1) is 14.4. The van der Waals surface area contributed by atoms with Gasteiger partial charge in [-0.15, -0.1) is 0 Å². The first kappa shape index (κ1) is 20.1. The van der Waals surface area contributed by atoms with Crippen LogP contribution in [-0.2, 0) is 20.6 Å². The Morgan fingerprint density at radius 1 is 1.20 bits per heavy atom. The smallest absolute Gasteiger partial charge is 0.332 e. The summed E-state index contributed by atoms with van der Waals surface area (Å²) in [5.41, 5.74) is 7.54. The van der Waals surface area contributed by atoms with Gasteiger partial charge in [0.2, 0.25) is 0 Å². The minimum absolute atomic E-state index is 0.119. The number of fused-ring (bicyclic) bond motifs is 1. The van der Waals surface area contributed by atoms with E-state index in [4.69, 9.17) is 22.3 Å². The van der Waals surface area contributed by atoms with Crippen molar-refractivity contribution in [1.29, 1.82) is 5.26 Å². The molecule has 8 nitrogen and oxygen atoms in total. The number of aromatic nitrogens is 3. The number of nitrogens with two attached hydrogens (primary N) is 1. The largest absolute Gasteiger partial charge is 0.356 e. The molecule has 0 saturated carbocycles. The highest BCUT2D eigenvalue weighted by atomic mass is 35.5. The van der Waals surface area contributed by atoms with E-state index in [1.807, 2.05) is 0 Å². The van der Waals surface area contributed by atoms with Crippen LogP contribution in [0.3, 0.4) is 0 Å². The molecule has 0 unspecified atom stereocenters. The third-order valence-corrected chi connectivity index (χ3v) is 5.88. The molecule has 1 aliphatic heterocycles. The maximum atomic E-state index is 13.2. The van der Waals surface area contributed by atoms with Gasteiger partial charge >= 0.3 is 5.69 Å². The van der Waals surface area contributed by atoms with Gasteiger partial charge in [0.15, 0.2) is 5.65 Å². The lowest BCUT2D eigenvalue weighted by Gasteiger charge is -2.24. The lowest BCUT2D eigenvalue weighted by atomic mass is 9.93. The fraction of sp³-hybridized carbons (Fsp3) is 0.333. The number of hydrogen-bond acceptors (Lipinski definition) is 6. The molecule has 4 rings (SSSR count). The highest BCUT2D eigenvalue weighted by Gasteiger charge is 2.26. The van der Waals surface area contributed by atoms with Gasteiger partial charge in [-0.25, -0.2) is 9.78 Å². The second-order valence-electron chi connectivity index (χ2n) is 7.39.